The number of rotatable bonds is 22. The maximum atomic E-state index is 13.9. The van der Waals surface area contributed by atoms with Crippen LogP contribution in [0, 0.1) is 0 Å². The lowest BCUT2D eigenvalue weighted by Crippen LogP contribution is -2.39. The molecule has 2 heterocycles. The van der Waals surface area contributed by atoms with Crippen LogP contribution >= 0.6 is 31.9 Å². The van der Waals surface area contributed by atoms with Crippen molar-refractivity contribution >= 4 is 37.6 Å². The monoisotopic (exact) mass is 1260 g/mol. The summed E-state index contributed by atoms with van der Waals surface area (Å²) in [6, 6.07) is 60.0. The van der Waals surface area contributed by atoms with Gasteiger partial charge in [0.05, 0.1) is 53.2 Å². The molecule has 1 N–H and O–H groups in total. The van der Waals surface area contributed by atoms with Gasteiger partial charge in [0.2, 0.25) is 0 Å². The molecular formula is C70H74Br2N2O10. The first-order valence-electron chi connectivity index (χ1n) is 28.1. The van der Waals surface area contributed by atoms with Crippen molar-refractivity contribution in [2.24, 2.45) is 0 Å². The Morgan fingerprint density at radius 1 is 0.476 bits per heavy atom. The second-order valence-electron chi connectivity index (χ2n) is 22.2. The molecule has 1 unspecified atom stereocenters. The summed E-state index contributed by atoms with van der Waals surface area (Å²) in [5.74, 6) is 5.79. The van der Waals surface area contributed by atoms with Gasteiger partial charge < -0.3 is 43.0 Å². The molecule has 84 heavy (non-hydrogen) atoms. The normalized spacial score (nSPS) is 14.1. The van der Waals surface area contributed by atoms with Gasteiger partial charge in [0.15, 0.2) is 28.8 Å². The maximum absolute atomic E-state index is 13.9. The van der Waals surface area contributed by atoms with Gasteiger partial charge in [-0.25, -0.2) is 0 Å². The van der Waals surface area contributed by atoms with E-state index in [1.165, 1.54) is 11.1 Å². The summed E-state index contributed by atoms with van der Waals surface area (Å²) in [5.41, 5.74) is 7.34. The van der Waals surface area contributed by atoms with E-state index in [1.807, 2.05) is 119 Å². The number of methoxy groups -OCH3 is 4. The number of aliphatic hydroxyl groups is 1. The van der Waals surface area contributed by atoms with Gasteiger partial charge in [0, 0.05) is 34.1 Å². The molecule has 0 saturated carbocycles. The second kappa shape index (κ2) is 28.0. The largest absolute Gasteiger partial charge is 0.497 e. The first-order chi connectivity index (χ1) is 40.5. The van der Waals surface area contributed by atoms with Crippen LogP contribution in [-0.4, -0.2) is 99.7 Å². The maximum Gasteiger partial charge on any atom is 0.176 e. The summed E-state index contributed by atoms with van der Waals surface area (Å²) in [4.78, 5) is 18.5. The average Bonchev–Trinajstić information content (AvgIpc) is 2.65. The molecule has 0 radical (unpaired) electrons. The lowest BCUT2D eigenvalue weighted by Gasteiger charge is -2.35. The van der Waals surface area contributed by atoms with Crippen LogP contribution in [0.15, 0.2) is 191 Å². The van der Waals surface area contributed by atoms with Crippen LogP contribution in [-0.2, 0) is 12.8 Å². The zero-order chi connectivity index (χ0) is 59.4. The third-order valence-electron chi connectivity index (χ3n) is 15.0. The van der Waals surface area contributed by atoms with E-state index in [-0.39, 0.29) is 30.0 Å². The van der Waals surface area contributed by atoms with Crippen molar-refractivity contribution in [2.75, 3.05) is 67.8 Å². The van der Waals surface area contributed by atoms with Crippen LogP contribution in [0.2, 0.25) is 0 Å². The second-order valence-corrected chi connectivity index (χ2v) is 24.1. The molecular weight excluding hydrogens is 1190 g/mol. The van der Waals surface area contributed by atoms with Gasteiger partial charge in [-0.1, -0.05) is 111 Å². The van der Waals surface area contributed by atoms with E-state index in [0.717, 1.165) is 79.1 Å². The Morgan fingerprint density at radius 3 is 1.24 bits per heavy atom. The fourth-order valence-corrected chi connectivity index (χ4v) is 10.9. The number of ketones is 1. The molecule has 438 valence electrons. The van der Waals surface area contributed by atoms with E-state index in [2.05, 4.69) is 127 Å². The van der Waals surface area contributed by atoms with E-state index >= 15 is 0 Å². The molecule has 0 saturated heterocycles. The molecule has 0 aliphatic carbocycles. The van der Waals surface area contributed by atoms with Crippen LogP contribution in [0.4, 0.5) is 0 Å². The van der Waals surface area contributed by atoms with E-state index in [9.17, 15) is 9.90 Å². The van der Waals surface area contributed by atoms with Crippen LogP contribution in [0.1, 0.15) is 95.2 Å². The SMILES string of the molecule is COc1ccc(C(c2ccc(OC)cc2)N(CCc2ccc(Br)cc2)CC(=O)c2ccc3c(c2)OCC(C)(C)O3)cc1.COc1ccc(C(c2ccc(OC)cc2)N(CCc2ccc(Br)cc2)CC(O)c2ccc3c(c2)OCC(C)(C)O3)cc1. The highest BCUT2D eigenvalue weighted by Gasteiger charge is 2.32. The van der Waals surface area contributed by atoms with Gasteiger partial charge in [-0.15, -0.1) is 0 Å². The standard InChI is InChI=1S/C35H38BrNO5.C35H36BrNO5/c2*1-35(2)23-41-33-21-27(11-18-32(33)42-35)31(38)22-37(20-19-24-5-12-28(36)13-6-24)34(25-7-14-29(39-3)15-8-25)26-9-16-30(40-4)17-10-26/h5-18,21,31,34,38H,19-20,22-23H2,1-4H3;5-18,21,34H,19-20,22-23H2,1-4H3. The van der Waals surface area contributed by atoms with Crippen LogP contribution in [0.5, 0.6) is 46.0 Å². The number of hydrogen-bond donors (Lipinski definition) is 1. The van der Waals surface area contributed by atoms with Crippen molar-refractivity contribution in [3.8, 4) is 46.0 Å². The number of halogens is 2. The minimum Gasteiger partial charge on any atom is -0.497 e. The Hall–Kier alpha value is -7.33. The van der Waals surface area contributed by atoms with Gasteiger partial charge in [-0.2, -0.15) is 0 Å². The lowest BCUT2D eigenvalue weighted by atomic mass is 9.95. The summed E-state index contributed by atoms with van der Waals surface area (Å²) in [6.45, 7) is 10.8. The van der Waals surface area contributed by atoms with Crippen molar-refractivity contribution in [3.63, 3.8) is 0 Å². The number of aliphatic hydroxyl groups excluding tert-OH is 1. The molecule has 8 aromatic carbocycles. The van der Waals surface area contributed by atoms with Gasteiger partial charge in [-0.05, 0) is 183 Å². The molecule has 1 atom stereocenters. The summed E-state index contributed by atoms with van der Waals surface area (Å²) >= 11 is 7.07. The molecule has 2 aliphatic heterocycles. The Kier molecular flexibility index (Phi) is 20.4. The average molecular weight is 1260 g/mol. The van der Waals surface area contributed by atoms with E-state index in [0.29, 0.717) is 54.9 Å². The number of carbonyl (C=O) groups is 1. The van der Waals surface area contributed by atoms with Crippen molar-refractivity contribution in [1.82, 2.24) is 9.80 Å². The molecule has 0 aromatic heterocycles. The van der Waals surface area contributed by atoms with Crippen LogP contribution in [0.25, 0.3) is 0 Å². The Labute approximate surface area is 511 Å². The minimum atomic E-state index is -0.752. The molecule has 8 aromatic rings. The molecule has 2 aliphatic rings. The predicted octanol–water partition coefficient (Wildman–Crippen LogP) is 14.9. The summed E-state index contributed by atoms with van der Waals surface area (Å²) in [7, 11) is 6.66. The first-order valence-corrected chi connectivity index (χ1v) is 29.7. The third kappa shape index (κ3) is 16.1. The number of fused-ring (bicyclic) bond motifs is 2. The molecule has 12 nitrogen and oxygen atoms in total. The molecule has 0 bridgehead atoms. The smallest absolute Gasteiger partial charge is 0.176 e. The van der Waals surface area contributed by atoms with Gasteiger partial charge >= 0.3 is 0 Å². The van der Waals surface area contributed by atoms with Crippen molar-refractivity contribution in [2.45, 2.75) is 69.9 Å². The Morgan fingerprint density at radius 2 is 0.833 bits per heavy atom. The summed E-state index contributed by atoms with van der Waals surface area (Å²) in [6.07, 6.45) is 0.844. The topological polar surface area (TPSA) is 118 Å². The minimum absolute atomic E-state index is 0.00839. The fraction of sp³-hybridized carbons (Fsp3) is 0.300. The quantitative estimate of drug-likeness (QED) is 0.0651. The number of benzene rings is 8. The number of Topliss-reactive ketones (excluding diaryl/α,β-unsaturated/α-hetero) is 1. The number of hydrogen-bond acceptors (Lipinski definition) is 12. The van der Waals surface area contributed by atoms with E-state index in [4.69, 9.17) is 37.9 Å². The van der Waals surface area contributed by atoms with Gasteiger partial charge in [0.1, 0.15) is 47.4 Å². The molecule has 14 heteroatoms. The Balaban J connectivity index is 0.000000202. The van der Waals surface area contributed by atoms with Gasteiger partial charge in [-0.3, -0.25) is 14.6 Å². The number of nitrogens with zero attached hydrogens (tertiary/aromatic N) is 2. The van der Waals surface area contributed by atoms with Gasteiger partial charge in [0.25, 0.3) is 0 Å². The van der Waals surface area contributed by atoms with E-state index in [1.54, 1.807) is 34.5 Å². The Bertz CT molecular complexity index is 3320. The molecule has 10 rings (SSSR count). The molecule has 0 fully saturated rings. The first kappa shape index (κ1) is 61.2. The highest BCUT2D eigenvalue weighted by molar-refractivity contribution is 9.10. The highest BCUT2D eigenvalue weighted by atomic mass is 79.9. The molecule has 0 spiro atoms. The highest BCUT2D eigenvalue weighted by Crippen LogP contribution is 2.40. The molecule has 0 amide bonds. The zero-order valence-electron chi connectivity index (χ0n) is 49.0. The number of ether oxygens (including phenoxy) is 8. The fourth-order valence-electron chi connectivity index (χ4n) is 10.4. The number of carbonyl (C=O) groups excluding carboxylic acids is 1. The lowest BCUT2D eigenvalue weighted by molar-refractivity contribution is 0.0208. The van der Waals surface area contributed by atoms with E-state index < -0.39 is 11.7 Å². The third-order valence-corrected chi connectivity index (χ3v) is 16.0. The van der Waals surface area contributed by atoms with Crippen molar-refractivity contribution < 1.29 is 47.8 Å². The summed E-state index contributed by atoms with van der Waals surface area (Å²) in [5, 5.41) is 11.7. The van der Waals surface area contributed by atoms with Crippen LogP contribution in [0.3, 0.4) is 0 Å². The zero-order valence-corrected chi connectivity index (χ0v) is 52.2. The van der Waals surface area contributed by atoms with Crippen LogP contribution < -0.4 is 37.9 Å². The predicted molar refractivity (Wildman–Crippen MR) is 337 cm³/mol. The summed E-state index contributed by atoms with van der Waals surface area (Å²) < 4.78 is 47.9. The van der Waals surface area contributed by atoms with Crippen molar-refractivity contribution in [3.05, 3.63) is 235 Å². The van der Waals surface area contributed by atoms with Crippen molar-refractivity contribution in [1.29, 1.82) is 0 Å².